The number of phenolic OH excluding ortho intramolecular Hbond substituents is 1. The number of carboxylic acid groups (broad SMARTS) is 1. The van der Waals surface area contributed by atoms with Gasteiger partial charge in [0.25, 0.3) is 5.91 Å². The molecule has 4 heterocycles. The number of likely N-dealkylation sites (tertiary alicyclic amines) is 1. The molecule has 0 aliphatic carbocycles. The number of nitrogens with zero attached hydrogens (tertiary/aromatic N) is 2. The summed E-state index contributed by atoms with van der Waals surface area (Å²) < 4.78 is 1.41. The van der Waals surface area contributed by atoms with Crippen LogP contribution in [0.1, 0.15) is 77.1 Å². The zero-order chi connectivity index (χ0) is 47.1. The van der Waals surface area contributed by atoms with Crippen LogP contribution in [-0.2, 0) is 56.0 Å². The van der Waals surface area contributed by atoms with Gasteiger partial charge in [0.1, 0.15) is 42.0 Å². The van der Waals surface area contributed by atoms with E-state index in [9.17, 15) is 53.4 Å². The number of aromatic nitrogens is 1. The molecule has 9 N–H and O–H groups in total. The Kier molecular flexibility index (Phi) is 15.1. The predicted molar refractivity (Wildman–Crippen MR) is 233 cm³/mol. The van der Waals surface area contributed by atoms with E-state index in [1.165, 1.54) is 27.8 Å². The van der Waals surface area contributed by atoms with Crippen LogP contribution < -0.4 is 37.2 Å². The monoisotopic (exact) mass is 899 g/mol. The van der Waals surface area contributed by atoms with Gasteiger partial charge < -0.3 is 56.9 Å². The Morgan fingerprint density at radius 1 is 0.831 bits per heavy atom. The summed E-state index contributed by atoms with van der Waals surface area (Å²) in [7, 11) is 0. The first-order valence-electron chi connectivity index (χ1n) is 21.9. The Balaban J connectivity index is 1.39. The minimum absolute atomic E-state index is 0.0454. The van der Waals surface area contributed by atoms with Crippen molar-refractivity contribution >= 4 is 64.1 Å². The van der Waals surface area contributed by atoms with E-state index in [-0.39, 0.29) is 50.3 Å². The van der Waals surface area contributed by atoms with E-state index in [4.69, 9.17) is 0 Å². The van der Waals surface area contributed by atoms with Crippen LogP contribution in [0.5, 0.6) is 5.75 Å². The number of carboxylic acids is 1. The molecule has 1 aromatic heterocycles. The number of nitrogens with one attached hydrogen (secondary N) is 7. The standard InChI is InChI=1S/C45H57N9O11/c1-5-24(4)37-42(61)49-31(45(64)65)20-26-22-54(32-10-7-6-9-28(26)32)38(43(62)51-36(23(2)3)41(60)46-21-35(57)50-37)52-39(58)30(19-25-12-14-27(55)15-13-25)48-40(59)33-11-8-18-53(33)44(63)29-16-17-34(56)47-29/h6-7,9-10,12-15,22-24,29-31,33,36-38,55H,5,8,11,16-21H2,1-4H3,(H,46,60)(H,47,56)(H,48,59)(H,49,61)(H,50,57)(H,51,62)(H,52,58)(H,64,65)/t24?,29-,30-,31+,33-,36-,37+,38?/m0/s1. The van der Waals surface area contributed by atoms with E-state index in [1.54, 1.807) is 64.1 Å². The van der Waals surface area contributed by atoms with Gasteiger partial charge in [0.2, 0.25) is 41.4 Å². The summed E-state index contributed by atoms with van der Waals surface area (Å²) in [6.07, 6.45) is 1.08. The molecule has 2 aromatic carbocycles. The zero-order valence-corrected chi connectivity index (χ0v) is 36.7. The van der Waals surface area contributed by atoms with E-state index < -0.39 is 108 Å². The second-order valence-electron chi connectivity index (χ2n) is 17.3. The van der Waals surface area contributed by atoms with Gasteiger partial charge in [-0.1, -0.05) is 64.4 Å². The number of rotatable bonds is 11. The quantitative estimate of drug-likeness (QED) is 0.122. The number of aromatic hydroxyl groups is 1. The summed E-state index contributed by atoms with van der Waals surface area (Å²) in [5.74, 6) is -7.68. The van der Waals surface area contributed by atoms with E-state index in [1.807, 2.05) is 0 Å². The van der Waals surface area contributed by atoms with Crippen LogP contribution in [0.25, 0.3) is 10.9 Å². The lowest BCUT2D eigenvalue weighted by molar-refractivity contribution is -0.142. The fourth-order valence-corrected chi connectivity index (χ4v) is 8.45. The molecule has 2 saturated heterocycles. The number of carbonyl (C=O) groups is 9. The van der Waals surface area contributed by atoms with Crippen molar-refractivity contribution in [1.29, 1.82) is 0 Å². The van der Waals surface area contributed by atoms with Gasteiger partial charge in [-0.05, 0) is 60.4 Å². The molecule has 3 aromatic rings. The maximum atomic E-state index is 14.7. The number of aliphatic carboxylic acids is 1. The van der Waals surface area contributed by atoms with Crippen LogP contribution >= 0.6 is 0 Å². The smallest absolute Gasteiger partial charge is 0.326 e. The summed E-state index contributed by atoms with van der Waals surface area (Å²) in [6.45, 7) is 6.53. The molecule has 65 heavy (non-hydrogen) atoms. The van der Waals surface area contributed by atoms with Gasteiger partial charge in [-0.15, -0.1) is 0 Å². The molecule has 6 rings (SSSR count). The first kappa shape index (κ1) is 47.5. The Morgan fingerprint density at radius 3 is 2.22 bits per heavy atom. The van der Waals surface area contributed by atoms with Crippen LogP contribution in [0.2, 0.25) is 0 Å². The second-order valence-corrected chi connectivity index (χ2v) is 17.3. The van der Waals surface area contributed by atoms with Crippen molar-refractivity contribution in [3.05, 3.63) is 65.9 Å². The van der Waals surface area contributed by atoms with E-state index >= 15 is 0 Å². The highest BCUT2D eigenvalue weighted by Crippen LogP contribution is 2.27. The second kappa shape index (κ2) is 20.7. The molecular weight excluding hydrogens is 843 g/mol. The van der Waals surface area contributed by atoms with Crippen LogP contribution in [0.3, 0.4) is 0 Å². The first-order valence-corrected chi connectivity index (χ1v) is 21.9. The fraction of sp³-hybridized carbons (Fsp3) is 0.489. The van der Waals surface area contributed by atoms with Crippen LogP contribution in [0.15, 0.2) is 54.7 Å². The number of fused-ring (bicyclic) bond motifs is 5. The van der Waals surface area contributed by atoms with Gasteiger partial charge in [-0.25, -0.2) is 4.79 Å². The van der Waals surface area contributed by atoms with Crippen molar-refractivity contribution in [2.24, 2.45) is 11.8 Å². The Labute approximate surface area is 375 Å². The van der Waals surface area contributed by atoms with Gasteiger partial charge in [0, 0.05) is 37.4 Å². The molecule has 8 amide bonds. The summed E-state index contributed by atoms with van der Waals surface area (Å²) >= 11 is 0. The van der Waals surface area contributed by atoms with Crippen molar-refractivity contribution < 1.29 is 53.4 Å². The largest absolute Gasteiger partial charge is 0.508 e. The van der Waals surface area contributed by atoms with E-state index in [0.717, 1.165) is 0 Å². The molecule has 2 unspecified atom stereocenters. The average molecular weight is 900 g/mol. The van der Waals surface area contributed by atoms with Crippen molar-refractivity contribution in [3.63, 3.8) is 0 Å². The molecule has 20 heteroatoms. The van der Waals surface area contributed by atoms with Gasteiger partial charge in [-0.2, -0.15) is 0 Å². The Hall–Kier alpha value is -6.99. The highest BCUT2D eigenvalue weighted by Gasteiger charge is 2.41. The molecule has 3 aliphatic rings. The zero-order valence-electron chi connectivity index (χ0n) is 36.7. The number of carbonyl (C=O) groups excluding carboxylic acids is 8. The number of amides is 8. The normalized spacial score (nSPS) is 24.2. The number of para-hydroxylation sites is 1. The summed E-state index contributed by atoms with van der Waals surface area (Å²) in [4.78, 5) is 124. The molecular formula is C45H57N9O11. The van der Waals surface area contributed by atoms with Crippen LogP contribution in [0.4, 0.5) is 0 Å². The SMILES string of the molecule is CCC(C)[C@H]1NC(=O)CNC(=O)[C@H](C(C)C)NC(=O)C(NC(=O)[C@H](Cc2ccc(O)cc2)NC(=O)[C@@H]2CCCN2C(=O)[C@@H]2CCC(=O)N2)n2cc(c3ccccc32)C[C@H](C(=O)O)NC1=O. The molecule has 348 valence electrons. The highest BCUT2D eigenvalue weighted by atomic mass is 16.4. The van der Waals surface area contributed by atoms with Crippen molar-refractivity contribution in [3.8, 4) is 5.75 Å². The summed E-state index contributed by atoms with van der Waals surface area (Å²) in [5.41, 5.74) is 1.25. The number of hydrogen-bond acceptors (Lipinski definition) is 10. The Bertz CT molecular complexity index is 2330. The maximum Gasteiger partial charge on any atom is 0.326 e. The maximum absolute atomic E-state index is 14.7. The van der Waals surface area contributed by atoms with Gasteiger partial charge >= 0.3 is 5.97 Å². The Morgan fingerprint density at radius 2 is 1.55 bits per heavy atom. The molecule has 2 bridgehead atoms. The molecule has 0 radical (unpaired) electrons. The summed E-state index contributed by atoms with van der Waals surface area (Å²) in [5, 5.41) is 39.4. The number of benzene rings is 2. The third-order valence-corrected chi connectivity index (χ3v) is 12.3. The van der Waals surface area contributed by atoms with E-state index in [0.29, 0.717) is 34.9 Å². The summed E-state index contributed by atoms with van der Waals surface area (Å²) in [6, 6.07) is 5.56. The lowest BCUT2D eigenvalue weighted by Crippen LogP contribution is -2.58. The van der Waals surface area contributed by atoms with Gasteiger partial charge in [0.05, 0.1) is 12.1 Å². The molecule has 8 atom stereocenters. The highest BCUT2D eigenvalue weighted by molar-refractivity contribution is 5.99. The van der Waals surface area contributed by atoms with Crippen molar-refractivity contribution in [2.75, 3.05) is 13.1 Å². The first-order chi connectivity index (χ1) is 30.9. The fourth-order valence-electron chi connectivity index (χ4n) is 8.45. The number of phenols is 1. The van der Waals surface area contributed by atoms with Gasteiger partial charge in [-0.3, -0.25) is 38.4 Å². The van der Waals surface area contributed by atoms with Crippen molar-refractivity contribution in [2.45, 2.75) is 115 Å². The molecule has 20 nitrogen and oxygen atoms in total. The molecule has 3 aliphatic heterocycles. The topological polar surface area (TPSA) is 286 Å². The minimum Gasteiger partial charge on any atom is -0.508 e. The third-order valence-electron chi connectivity index (χ3n) is 12.3. The van der Waals surface area contributed by atoms with E-state index in [2.05, 4.69) is 37.2 Å². The lowest BCUT2D eigenvalue weighted by atomic mass is 9.97. The molecule has 0 saturated carbocycles. The van der Waals surface area contributed by atoms with Crippen LogP contribution in [-0.4, -0.2) is 122 Å². The molecule has 0 spiro atoms. The predicted octanol–water partition coefficient (Wildman–Crippen LogP) is -0.128. The molecule has 2 fully saturated rings. The average Bonchev–Trinajstić information content (AvgIpc) is 4.04. The van der Waals surface area contributed by atoms with Gasteiger partial charge in [0.15, 0.2) is 6.17 Å². The van der Waals surface area contributed by atoms with Crippen molar-refractivity contribution in [1.82, 2.24) is 46.7 Å². The van der Waals surface area contributed by atoms with Crippen LogP contribution in [0, 0.1) is 11.8 Å². The minimum atomic E-state index is -1.66. The third kappa shape index (κ3) is 11.2. The number of hydrogen-bond donors (Lipinski definition) is 9. The lowest BCUT2D eigenvalue weighted by Gasteiger charge is -2.30.